The Kier molecular flexibility index (Phi) is 3.48. The minimum atomic E-state index is -0.985. The maximum atomic E-state index is 12.9. The number of aliphatic hydroxyl groups is 1. The minimum absolute atomic E-state index is 0.287. The first kappa shape index (κ1) is 12.8. The average Bonchev–Trinajstić information content (AvgIpc) is 2.29. The van der Waals surface area contributed by atoms with Crippen LogP contribution in [0.25, 0.3) is 0 Å². The van der Waals surface area contributed by atoms with E-state index in [1.165, 1.54) is 17.7 Å². The molecular weight excluding hydrogens is 227 g/mol. The van der Waals surface area contributed by atoms with Crippen LogP contribution in [0.15, 0.2) is 48.5 Å². The number of halogens is 1. The molecule has 2 aromatic carbocycles. The lowest BCUT2D eigenvalue weighted by molar-refractivity contribution is 0.0575. The van der Waals surface area contributed by atoms with Crippen LogP contribution in [-0.2, 0) is 12.0 Å². The van der Waals surface area contributed by atoms with E-state index in [9.17, 15) is 9.50 Å². The second-order valence-electron chi connectivity index (χ2n) is 4.95. The molecule has 18 heavy (non-hydrogen) atoms. The van der Waals surface area contributed by atoms with E-state index in [2.05, 4.69) is 6.07 Å². The Morgan fingerprint density at radius 2 is 1.78 bits per heavy atom. The van der Waals surface area contributed by atoms with Gasteiger partial charge < -0.3 is 5.11 Å². The lowest BCUT2D eigenvalue weighted by Crippen LogP contribution is -2.24. The molecule has 0 aromatic heterocycles. The molecule has 94 valence electrons. The van der Waals surface area contributed by atoms with Crippen molar-refractivity contribution >= 4 is 0 Å². The van der Waals surface area contributed by atoms with Gasteiger partial charge in [-0.1, -0.05) is 42.0 Å². The molecule has 0 saturated heterocycles. The highest BCUT2D eigenvalue weighted by Crippen LogP contribution is 2.25. The lowest BCUT2D eigenvalue weighted by atomic mass is 9.89. The van der Waals surface area contributed by atoms with Crippen LogP contribution in [0.5, 0.6) is 0 Å². The molecular formula is C16H17FO. The number of hydrogen-bond acceptors (Lipinski definition) is 1. The minimum Gasteiger partial charge on any atom is -0.385 e. The van der Waals surface area contributed by atoms with Crippen LogP contribution in [0.3, 0.4) is 0 Å². The van der Waals surface area contributed by atoms with Crippen molar-refractivity contribution in [2.75, 3.05) is 0 Å². The van der Waals surface area contributed by atoms with Crippen molar-refractivity contribution in [2.24, 2.45) is 0 Å². The van der Waals surface area contributed by atoms with Gasteiger partial charge in [0.2, 0.25) is 0 Å². The van der Waals surface area contributed by atoms with Gasteiger partial charge in [0.25, 0.3) is 0 Å². The van der Waals surface area contributed by atoms with E-state index in [4.69, 9.17) is 0 Å². The highest BCUT2D eigenvalue weighted by molar-refractivity contribution is 5.28. The summed E-state index contributed by atoms with van der Waals surface area (Å²) in [5, 5.41) is 10.5. The van der Waals surface area contributed by atoms with Crippen molar-refractivity contribution in [3.63, 3.8) is 0 Å². The van der Waals surface area contributed by atoms with Crippen molar-refractivity contribution in [1.82, 2.24) is 0 Å². The number of aryl methyl sites for hydroxylation is 1. The molecule has 0 bridgehead atoms. The molecule has 0 spiro atoms. The van der Waals surface area contributed by atoms with Crippen molar-refractivity contribution in [3.8, 4) is 0 Å². The van der Waals surface area contributed by atoms with E-state index in [1.807, 2.05) is 25.1 Å². The summed E-state index contributed by atoms with van der Waals surface area (Å²) in [7, 11) is 0. The van der Waals surface area contributed by atoms with Gasteiger partial charge in [-0.25, -0.2) is 4.39 Å². The second kappa shape index (κ2) is 4.91. The second-order valence-corrected chi connectivity index (χ2v) is 4.95. The number of hydrogen-bond donors (Lipinski definition) is 1. The van der Waals surface area contributed by atoms with Crippen LogP contribution in [-0.4, -0.2) is 5.11 Å². The zero-order valence-corrected chi connectivity index (χ0v) is 10.7. The molecule has 0 radical (unpaired) electrons. The third-order valence-electron chi connectivity index (χ3n) is 3.10. The van der Waals surface area contributed by atoms with Crippen LogP contribution in [0.1, 0.15) is 23.6 Å². The molecule has 0 aliphatic rings. The van der Waals surface area contributed by atoms with Crippen LogP contribution >= 0.6 is 0 Å². The fraction of sp³-hybridized carbons (Fsp3) is 0.250. The third kappa shape index (κ3) is 2.96. The Morgan fingerprint density at radius 3 is 2.39 bits per heavy atom. The van der Waals surface area contributed by atoms with Gasteiger partial charge in [0.05, 0.1) is 5.60 Å². The molecule has 1 unspecified atom stereocenters. The summed E-state index contributed by atoms with van der Waals surface area (Å²) >= 11 is 0. The predicted octanol–water partition coefficient (Wildman–Crippen LogP) is 3.58. The van der Waals surface area contributed by atoms with Gasteiger partial charge in [-0.15, -0.1) is 0 Å². The van der Waals surface area contributed by atoms with Gasteiger partial charge in [-0.2, -0.15) is 0 Å². The van der Waals surface area contributed by atoms with Gasteiger partial charge in [-0.3, -0.25) is 0 Å². The Labute approximate surface area is 107 Å². The summed E-state index contributed by atoms with van der Waals surface area (Å²) in [4.78, 5) is 0. The predicted molar refractivity (Wildman–Crippen MR) is 70.9 cm³/mol. The van der Waals surface area contributed by atoms with Crippen molar-refractivity contribution in [1.29, 1.82) is 0 Å². The standard InChI is InChI=1S/C16H17FO/c1-12-4-3-5-13(10-12)11-16(2,18)14-6-8-15(17)9-7-14/h3-10,18H,11H2,1-2H3. The van der Waals surface area contributed by atoms with E-state index >= 15 is 0 Å². The van der Waals surface area contributed by atoms with E-state index < -0.39 is 5.60 Å². The van der Waals surface area contributed by atoms with E-state index in [1.54, 1.807) is 19.1 Å². The SMILES string of the molecule is Cc1cccc(CC(C)(O)c2ccc(F)cc2)c1. The first-order chi connectivity index (χ1) is 8.47. The Hall–Kier alpha value is -1.67. The monoisotopic (exact) mass is 244 g/mol. The molecule has 0 amide bonds. The Balaban J connectivity index is 2.23. The molecule has 1 nitrogen and oxygen atoms in total. The highest BCUT2D eigenvalue weighted by Gasteiger charge is 2.23. The van der Waals surface area contributed by atoms with Gasteiger partial charge in [0, 0.05) is 6.42 Å². The Bertz CT molecular complexity index is 529. The van der Waals surface area contributed by atoms with Crippen LogP contribution in [0, 0.1) is 12.7 Å². The van der Waals surface area contributed by atoms with Crippen LogP contribution in [0.2, 0.25) is 0 Å². The van der Waals surface area contributed by atoms with E-state index in [0.717, 1.165) is 11.1 Å². The molecule has 0 heterocycles. The normalized spacial score (nSPS) is 14.2. The number of benzene rings is 2. The van der Waals surface area contributed by atoms with Crippen LogP contribution in [0.4, 0.5) is 4.39 Å². The first-order valence-electron chi connectivity index (χ1n) is 6.01. The van der Waals surface area contributed by atoms with E-state index in [0.29, 0.717) is 6.42 Å². The van der Waals surface area contributed by atoms with Crippen molar-refractivity contribution in [3.05, 3.63) is 71.0 Å². The summed E-state index contributed by atoms with van der Waals surface area (Å²) in [5.41, 5.74) is 1.98. The van der Waals surface area contributed by atoms with Gasteiger partial charge in [0.1, 0.15) is 5.82 Å². The fourth-order valence-corrected chi connectivity index (χ4v) is 2.13. The number of rotatable bonds is 3. The average molecular weight is 244 g/mol. The molecule has 2 rings (SSSR count). The summed E-state index contributed by atoms with van der Waals surface area (Å²) < 4.78 is 12.9. The van der Waals surface area contributed by atoms with Crippen molar-refractivity contribution < 1.29 is 9.50 Å². The molecule has 2 heteroatoms. The molecule has 1 N–H and O–H groups in total. The lowest BCUT2D eigenvalue weighted by Gasteiger charge is -2.24. The molecule has 2 aromatic rings. The topological polar surface area (TPSA) is 20.2 Å². The van der Waals surface area contributed by atoms with Crippen LogP contribution < -0.4 is 0 Å². The smallest absolute Gasteiger partial charge is 0.123 e. The van der Waals surface area contributed by atoms with Crippen molar-refractivity contribution in [2.45, 2.75) is 25.9 Å². The van der Waals surface area contributed by atoms with E-state index in [-0.39, 0.29) is 5.82 Å². The van der Waals surface area contributed by atoms with Gasteiger partial charge in [-0.05, 0) is 37.1 Å². The summed E-state index contributed by atoms with van der Waals surface area (Å²) in [6.07, 6.45) is 0.514. The molecule has 0 aliphatic heterocycles. The largest absolute Gasteiger partial charge is 0.385 e. The first-order valence-corrected chi connectivity index (χ1v) is 6.01. The molecule has 0 saturated carbocycles. The molecule has 1 atom stereocenters. The fourth-order valence-electron chi connectivity index (χ4n) is 2.13. The van der Waals surface area contributed by atoms with Gasteiger partial charge in [0.15, 0.2) is 0 Å². The summed E-state index contributed by atoms with van der Waals surface area (Å²) in [6, 6.07) is 14.1. The highest BCUT2D eigenvalue weighted by atomic mass is 19.1. The molecule has 0 aliphatic carbocycles. The summed E-state index contributed by atoms with van der Waals surface area (Å²) in [6.45, 7) is 3.78. The third-order valence-corrected chi connectivity index (χ3v) is 3.10. The zero-order chi connectivity index (χ0) is 13.2. The molecule has 0 fully saturated rings. The summed E-state index contributed by atoms with van der Waals surface area (Å²) in [5.74, 6) is -0.287. The zero-order valence-electron chi connectivity index (χ0n) is 10.7. The van der Waals surface area contributed by atoms with Gasteiger partial charge >= 0.3 is 0 Å². The maximum Gasteiger partial charge on any atom is 0.123 e. The quantitative estimate of drug-likeness (QED) is 0.875. The Morgan fingerprint density at radius 1 is 1.11 bits per heavy atom. The maximum absolute atomic E-state index is 12.9.